The van der Waals surface area contributed by atoms with E-state index in [1.54, 1.807) is 0 Å². The predicted molar refractivity (Wildman–Crippen MR) is 86.2 cm³/mol. The van der Waals surface area contributed by atoms with Crippen molar-refractivity contribution in [3.8, 4) is 0 Å². The van der Waals surface area contributed by atoms with Gasteiger partial charge < -0.3 is 15.3 Å². The van der Waals surface area contributed by atoms with Gasteiger partial charge in [0.1, 0.15) is 0 Å². The van der Waals surface area contributed by atoms with E-state index in [0.29, 0.717) is 18.9 Å². The summed E-state index contributed by atoms with van der Waals surface area (Å²) in [6.45, 7) is 8.05. The molecular weight excluding hydrogens is 266 g/mol. The second kappa shape index (κ2) is 9.78. The minimum Gasteiger partial charge on any atom is -0.395 e. The first-order valence-electron chi connectivity index (χ1n) is 8.65. The molecule has 0 spiro atoms. The molecule has 0 aromatic rings. The second-order valence-electron chi connectivity index (χ2n) is 7.40. The van der Waals surface area contributed by atoms with Gasteiger partial charge in [-0.05, 0) is 31.1 Å². The van der Waals surface area contributed by atoms with Gasteiger partial charge in [-0.1, -0.05) is 40.0 Å². The second-order valence-corrected chi connectivity index (χ2v) is 7.40. The summed E-state index contributed by atoms with van der Waals surface area (Å²) in [4.78, 5) is 2.17. The summed E-state index contributed by atoms with van der Waals surface area (Å²) in [5.74, 6) is 1.54. The van der Waals surface area contributed by atoms with Crippen LogP contribution in [0.15, 0.2) is 0 Å². The van der Waals surface area contributed by atoms with E-state index in [1.165, 1.54) is 32.1 Å². The van der Waals surface area contributed by atoms with Gasteiger partial charge in [-0.3, -0.25) is 4.90 Å². The van der Waals surface area contributed by atoms with Gasteiger partial charge in [0.25, 0.3) is 0 Å². The molecule has 4 nitrogen and oxygen atoms in total. The van der Waals surface area contributed by atoms with E-state index >= 15 is 0 Å². The minimum atomic E-state index is -0.672. The molecular formula is C17H35NO3. The van der Waals surface area contributed by atoms with Crippen LogP contribution in [0.25, 0.3) is 0 Å². The number of rotatable bonds is 3. The van der Waals surface area contributed by atoms with Gasteiger partial charge in [-0.2, -0.15) is 0 Å². The maximum Gasteiger partial charge on any atom is 0.0926 e. The fourth-order valence-electron chi connectivity index (χ4n) is 3.21. The first-order valence-corrected chi connectivity index (χ1v) is 8.65. The predicted octanol–water partition coefficient (Wildman–Crippen LogP) is 2.02. The molecule has 1 heterocycles. The molecule has 3 N–H and O–H groups in total. The van der Waals surface area contributed by atoms with Crippen molar-refractivity contribution in [2.24, 2.45) is 11.8 Å². The molecule has 2 aliphatic rings. The molecule has 4 heteroatoms. The maximum atomic E-state index is 9.72. The molecule has 1 unspecified atom stereocenters. The van der Waals surface area contributed by atoms with Crippen LogP contribution in [0.2, 0.25) is 0 Å². The Morgan fingerprint density at radius 3 is 2.10 bits per heavy atom. The molecule has 3 atom stereocenters. The van der Waals surface area contributed by atoms with Gasteiger partial charge in [-0.15, -0.1) is 0 Å². The van der Waals surface area contributed by atoms with Crippen molar-refractivity contribution in [2.45, 2.75) is 77.5 Å². The number of nitrogens with zero attached hydrogens (tertiary/aromatic N) is 1. The third-order valence-electron chi connectivity index (χ3n) is 4.32. The Morgan fingerprint density at radius 2 is 1.57 bits per heavy atom. The van der Waals surface area contributed by atoms with Crippen molar-refractivity contribution in [3.05, 3.63) is 0 Å². The number of hydrogen-bond donors (Lipinski definition) is 3. The van der Waals surface area contributed by atoms with E-state index in [1.807, 2.05) is 0 Å². The smallest absolute Gasteiger partial charge is 0.0926 e. The van der Waals surface area contributed by atoms with Crippen LogP contribution >= 0.6 is 0 Å². The molecule has 0 bridgehead atoms. The highest BCUT2D eigenvalue weighted by atomic mass is 16.3. The Labute approximate surface area is 130 Å². The van der Waals surface area contributed by atoms with Crippen molar-refractivity contribution < 1.29 is 15.3 Å². The molecule has 0 aromatic carbocycles. The number of likely N-dealkylation sites (tertiary alicyclic amines) is 1. The summed E-state index contributed by atoms with van der Waals surface area (Å²) in [5.41, 5.74) is 0. The zero-order valence-electron chi connectivity index (χ0n) is 14.0. The standard InChI is InChI=1S/C13H25NO3.C4H10/c15-9-11-6-12(16)13(17)8-14(11)7-10-4-2-1-3-5-10;1-4(2)3/h10-13,15-17H,1-9H2;4H,1-3H3/t11-,12?,13+;/m1./s1. The van der Waals surface area contributed by atoms with E-state index in [4.69, 9.17) is 0 Å². The van der Waals surface area contributed by atoms with Gasteiger partial charge in [0, 0.05) is 19.1 Å². The van der Waals surface area contributed by atoms with Crippen LogP contribution in [0.5, 0.6) is 0 Å². The van der Waals surface area contributed by atoms with Crippen LogP contribution in [-0.4, -0.2) is 58.2 Å². The van der Waals surface area contributed by atoms with Gasteiger partial charge in [-0.25, -0.2) is 0 Å². The summed E-state index contributed by atoms with van der Waals surface area (Å²) in [6, 6.07) is 0.0235. The normalized spacial score (nSPS) is 31.9. The van der Waals surface area contributed by atoms with Crippen LogP contribution in [0.1, 0.15) is 59.3 Å². The van der Waals surface area contributed by atoms with Crippen molar-refractivity contribution in [1.82, 2.24) is 4.90 Å². The number of aliphatic hydroxyl groups excluding tert-OH is 3. The van der Waals surface area contributed by atoms with Crippen molar-refractivity contribution in [1.29, 1.82) is 0 Å². The Kier molecular flexibility index (Phi) is 8.79. The van der Waals surface area contributed by atoms with Crippen molar-refractivity contribution in [3.63, 3.8) is 0 Å². The topological polar surface area (TPSA) is 63.9 Å². The average Bonchev–Trinajstić information content (AvgIpc) is 2.43. The van der Waals surface area contributed by atoms with Gasteiger partial charge in [0.15, 0.2) is 0 Å². The van der Waals surface area contributed by atoms with Crippen LogP contribution in [0, 0.1) is 11.8 Å². The van der Waals surface area contributed by atoms with Gasteiger partial charge in [0.05, 0.1) is 18.8 Å². The minimum absolute atomic E-state index is 0.0235. The van der Waals surface area contributed by atoms with Crippen molar-refractivity contribution >= 4 is 0 Å². The summed E-state index contributed by atoms with van der Waals surface area (Å²) in [7, 11) is 0. The number of β-amino-alcohol motifs (C(OH)–C–C–N with tert-alkyl or cyclic N) is 1. The fraction of sp³-hybridized carbons (Fsp3) is 1.00. The zero-order valence-corrected chi connectivity index (χ0v) is 14.0. The molecule has 1 aliphatic carbocycles. The Bertz CT molecular complexity index is 264. The zero-order chi connectivity index (χ0) is 15.8. The molecule has 0 radical (unpaired) electrons. The summed E-state index contributed by atoms with van der Waals surface area (Å²) in [5, 5.41) is 28.7. The van der Waals surface area contributed by atoms with E-state index < -0.39 is 12.2 Å². The number of piperidine rings is 1. The molecule has 1 saturated carbocycles. The lowest BCUT2D eigenvalue weighted by molar-refractivity contribution is -0.0756. The van der Waals surface area contributed by atoms with E-state index in [0.717, 1.165) is 12.5 Å². The van der Waals surface area contributed by atoms with Gasteiger partial charge >= 0.3 is 0 Å². The monoisotopic (exact) mass is 301 g/mol. The van der Waals surface area contributed by atoms with Crippen LogP contribution in [0.3, 0.4) is 0 Å². The summed E-state index contributed by atoms with van der Waals surface area (Å²) in [6.07, 6.45) is 5.68. The number of hydrogen-bond acceptors (Lipinski definition) is 4. The molecule has 2 fully saturated rings. The molecule has 126 valence electrons. The third kappa shape index (κ3) is 7.09. The highest BCUT2D eigenvalue weighted by Gasteiger charge is 2.34. The Balaban J connectivity index is 0.000000491. The molecule has 21 heavy (non-hydrogen) atoms. The third-order valence-corrected chi connectivity index (χ3v) is 4.32. The largest absolute Gasteiger partial charge is 0.395 e. The van der Waals surface area contributed by atoms with Gasteiger partial charge in [0.2, 0.25) is 0 Å². The van der Waals surface area contributed by atoms with E-state index in [-0.39, 0.29) is 12.6 Å². The quantitative estimate of drug-likeness (QED) is 0.746. The van der Waals surface area contributed by atoms with Crippen LogP contribution in [-0.2, 0) is 0 Å². The molecule has 1 aliphatic heterocycles. The lowest BCUT2D eigenvalue weighted by Gasteiger charge is -2.41. The Morgan fingerprint density at radius 1 is 1.00 bits per heavy atom. The maximum absolute atomic E-state index is 9.72. The summed E-state index contributed by atoms with van der Waals surface area (Å²) < 4.78 is 0. The SMILES string of the molecule is CC(C)C.OC[C@H]1CC(O)[C@@H](O)CN1CC1CCCCC1. The summed E-state index contributed by atoms with van der Waals surface area (Å²) >= 11 is 0. The lowest BCUT2D eigenvalue weighted by Crippen LogP contribution is -2.54. The number of aliphatic hydroxyl groups is 3. The fourth-order valence-corrected chi connectivity index (χ4v) is 3.21. The highest BCUT2D eigenvalue weighted by molar-refractivity contribution is 4.88. The molecule has 0 amide bonds. The first kappa shape index (κ1) is 18.9. The van der Waals surface area contributed by atoms with Crippen molar-refractivity contribution in [2.75, 3.05) is 19.7 Å². The van der Waals surface area contributed by atoms with E-state index in [9.17, 15) is 15.3 Å². The average molecular weight is 301 g/mol. The van der Waals surface area contributed by atoms with Crippen LogP contribution in [0.4, 0.5) is 0 Å². The molecule has 1 saturated heterocycles. The van der Waals surface area contributed by atoms with Crippen LogP contribution < -0.4 is 0 Å². The molecule has 0 aromatic heterocycles. The first-order chi connectivity index (χ1) is 9.93. The molecule has 2 rings (SSSR count). The Hall–Kier alpha value is -0.160. The highest BCUT2D eigenvalue weighted by Crippen LogP contribution is 2.27. The van der Waals surface area contributed by atoms with E-state index in [2.05, 4.69) is 25.7 Å². The lowest BCUT2D eigenvalue weighted by atomic mass is 9.87.